The van der Waals surface area contributed by atoms with Crippen molar-refractivity contribution in [2.24, 2.45) is 5.73 Å². The van der Waals surface area contributed by atoms with Crippen LogP contribution in [-0.4, -0.2) is 11.3 Å². The van der Waals surface area contributed by atoms with Crippen LogP contribution in [0.5, 0.6) is 5.75 Å². The molecular weight excluding hydrogens is 255 g/mol. The Kier molecular flexibility index (Phi) is 4.04. The first kappa shape index (κ1) is 14.2. The molecule has 106 valence electrons. The average molecular weight is 273 g/mol. The molecule has 1 aliphatic carbocycles. The number of nitrogens with two attached hydrogens (primary N) is 1. The molecule has 1 fully saturated rings. The van der Waals surface area contributed by atoms with E-state index < -0.39 is 12.2 Å². The van der Waals surface area contributed by atoms with E-state index >= 15 is 0 Å². The summed E-state index contributed by atoms with van der Waals surface area (Å²) in [4.78, 5) is 0. The van der Waals surface area contributed by atoms with E-state index in [4.69, 9.17) is 5.73 Å². The van der Waals surface area contributed by atoms with Gasteiger partial charge in [-0.2, -0.15) is 13.2 Å². The number of phenols is 1. The van der Waals surface area contributed by atoms with Gasteiger partial charge in [-0.1, -0.05) is 25.3 Å². The van der Waals surface area contributed by atoms with E-state index in [0.717, 1.165) is 31.2 Å². The molecule has 1 saturated carbocycles. The Morgan fingerprint density at radius 1 is 1.16 bits per heavy atom. The lowest BCUT2D eigenvalue weighted by Gasteiger charge is -2.24. The fourth-order valence-corrected chi connectivity index (χ4v) is 2.69. The molecule has 0 amide bonds. The van der Waals surface area contributed by atoms with Gasteiger partial charge in [-0.05, 0) is 36.5 Å². The zero-order chi connectivity index (χ0) is 14.0. The molecule has 0 saturated heterocycles. The summed E-state index contributed by atoms with van der Waals surface area (Å²) in [5.41, 5.74) is 5.81. The molecule has 1 aliphatic rings. The first-order valence-electron chi connectivity index (χ1n) is 6.54. The molecule has 0 unspecified atom stereocenters. The summed E-state index contributed by atoms with van der Waals surface area (Å²) in [5, 5.41) is 9.59. The van der Waals surface area contributed by atoms with Gasteiger partial charge in [-0.25, -0.2) is 0 Å². The molecule has 1 aromatic carbocycles. The Morgan fingerprint density at radius 2 is 1.79 bits per heavy atom. The standard InChI is InChI=1S/C14H18F3NO/c15-14(16,17)13(18)11-8-10(6-7-12(11)19)9-4-2-1-3-5-9/h6-9,13,19H,1-5,18H2/t13-/m0/s1. The summed E-state index contributed by atoms with van der Waals surface area (Å²) in [6.45, 7) is 0. The van der Waals surface area contributed by atoms with E-state index in [1.54, 1.807) is 6.07 Å². The second-order valence-corrected chi connectivity index (χ2v) is 5.17. The van der Waals surface area contributed by atoms with Gasteiger partial charge in [0.15, 0.2) is 0 Å². The lowest BCUT2D eigenvalue weighted by molar-refractivity contribution is -0.149. The first-order valence-corrected chi connectivity index (χ1v) is 6.54. The number of hydrogen-bond donors (Lipinski definition) is 2. The quantitative estimate of drug-likeness (QED) is 0.855. The Balaban J connectivity index is 2.28. The van der Waals surface area contributed by atoms with E-state index in [1.807, 2.05) is 0 Å². The topological polar surface area (TPSA) is 46.2 Å². The van der Waals surface area contributed by atoms with Crippen LogP contribution in [0.25, 0.3) is 0 Å². The molecule has 0 spiro atoms. The van der Waals surface area contributed by atoms with Crippen LogP contribution in [0.15, 0.2) is 18.2 Å². The van der Waals surface area contributed by atoms with Crippen molar-refractivity contribution in [3.8, 4) is 5.75 Å². The van der Waals surface area contributed by atoms with Crippen LogP contribution in [-0.2, 0) is 0 Å². The van der Waals surface area contributed by atoms with Crippen LogP contribution in [0.2, 0.25) is 0 Å². The largest absolute Gasteiger partial charge is 0.508 e. The van der Waals surface area contributed by atoms with Crippen molar-refractivity contribution >= 4 is 0 Å². The minimum absolute atomic E-state index is 0.226. The van der Waals surface area contributed by atoms with Gasteiger partial charge in [0.1, 0.15) is 11.8 Å². The molecule has 1 aromatic rings. The highest BCUT2D eigenvalue weighted by atomic mass is 19.4. The van der Waals surface area contributed by atoms with Gasteiger partial charge in [0.25, 0.3) is 0 Å². The van der Waals surface area contributed by atoms with E-state index in [1.165, 1.54) is 18.6 Å². The minimum atomic E-state index is -4.54. The van der Waals surface area contributed by atoms with Gasteiger partial charge in [0.2, 0.25) is 0 Å². The fraction of sp³-hybridized carbons (Fsp3) is 0.571. The second-order valence-electron chi connectivity index (χ2n) is 5.17. The molecular formula is C14H18F3NO. The lowest BCUT2D eigenvalue weighted by atomic mass is 9.83. The van der Waals surface area contributed by atoms with Gasteiger partial charge >= 0.3 is 6.18 Å². The summed E-state index contributed by atoms with van der Waals surface area (Å²) in [5.74, 6) is -0.0991. The van der Waals surface area contributed by atoms with E-state index in [-0.39, 0.29) is 17.2 Å². The average Bonchev–Trinajstić information content (AvgIpc) is 2.38. The molecule has 2 nitrogen and oxygen atoms in total. The Bertz CT molecular complexity index is 439. The van der Waals surface area contributed by atoms with Gasteiger partial charge in [0.05, 0.1) is 0 Å². The van der Waals surface area contributed by atoms with Crippen LogP contribution in [0.1, 0.15) is 55.2 Å². The first-order chi connectivity index (χ1) is 8.89. The number of phenolic OH excluding ortho intramolecular Hbond substituents is 1. The van der Waals surface area contributed by atoms with Gasteiger partial charge in [0, 0.05) is 5.56 Å². The van der Waals surface area contributed by atoms with Crippen molar-refractivity contribution in [1.29, 1.82) is 0 Å². The lowest BCUT2D eigenvalue weighted by Crippen LogP contribution is -2.28. The monoisotopic (exact) mass is 273 g/mol. The molecule has 1 atom stereocenters. The second kappa shape index (κ2) is 5.41. The molecule has 19 heavy (non-hydrogen) atoms. The number of alkyl halides is 3. The van der Waals surface area contributed by atoms with Crippen molar-refractivity contribution in [2.75, 3.05) is 0 Å². The van der Waals surface area contributed by atoms with Crippen molar-refractivity contribution in [1.82, 2.24) is 0 Å². The van der Waals surface area contributed by atoms with Crippen LogP contribution >= 0.6 is 0 Å². The van der Waals surface area contributed by atoms with Gasteiger partial charge < -0.3 is 10.8 Å². The van der Waals surface area contributed by atoms with E-state index in [9.17, 15) is 18.3 Å². The minimum Gasteiger partial charge on any atom is -0.508 e. The van der Waals surface area contributed by atoms with E-state index in [2.05, 4.69) is 0 Å². The maximum Gasteiger partial charge on any atom is 0.407 e. The van der Waals surface area contributed by atoms with E-state index in [0.29, 0.717) is 0 Å². The zero-order valence-electron chi connectivity index (χ0n) is 10.6. The number of rotatable bonds is 2. The summed E-state index contributed by atoms with van der Waals surface area (Å²) < 4.78 is 38.0. The van der Waals surface area contributed by atoms with Crippen LogP contribution in [0.4, 0.5) is 13.2 Å². The third-order valence-corrected chi connectivity index (χ3v) is 3.82. The Morgan fingerprint density at radius 3 is 2.37 bits per heavy atom. The van der Waals surface area contributed by atoms with Crippen molar-refractivity contribution in [3.05, 3.63) is 29.3 Å². The number of hydrogen-bond acceptors (Lipinski definition) is 2. The summed E-state index contributed by atoms with van der Waals surface area (Å²) in [6, 6.07) is 2.32. The molecule has 5 heteroatoms. The number of aromatic hydroxyl groups is 1. The molecule has 0 heterocycles. The zero-order valence-corrected chi connectivity index (χ0v) is 10.6. The third kappa shape index (κ3) is 3.21. The van der Waals surface area contributed by atoms with Gasteiger partial charge in [-0.15, -0.1) is 0 Å². The summed E-state index contributed by atoms with van der Waals surface area (Å²) >= 11 is 0. The maximum absolute atomic E-state index is 12.7. The van der Waals surface area contributed by atoms with Crippen LogP contribution in [0, 0.1) is 0 Å². The normalized spacial score (nSPS) is 19.4. The molecule has 2 rings (SSSR count). The predicted octanol–water partition coefficient (Wildman–Crippen LogP) is 4.00. The SMILES string of the molecule is N[C@@H](c1cc(C2CCCCC2)ccc1O)C(F)(F)F. The van der Waals surface area contributed by atoms with Crippen LogP contribution in [0.3, 0.4) is 0 Å². The number of benzene rings is 1. The molecule has 0 radical (unpaired) electrons. The Hall–Kier alpha value is -1.23. The summed E-state index contributed by atoms with van der Waals surface area (Å²) in [7, 11) is 0. The number of halogens is 3. The van der Waals surface area contributed by atoms with Gasteiger partial charge in [-0.3, -0.25) is 0 Å². The highest BCUT2D eigenvalue weighted by Crippen LogP contribution is 2.39. The highest BCUT2D eigenvalue weighted by Gasteiger charge is 2.39. The molecule has 0 bridgehead atoms. The summed E-state index contributed by atoms with van der Waals surface area (Å²) in [6.07, 6.45) is 0.835. The van der Waals surface area contributed by atoms with Crippen molar-refractivity contribution in [3.63, 3.8) is 0 Å². The molecule has 0 aromatic heterocycles. The Labute approximate surface area is 110 Å². The highest BCUT2D eigenvalue weighted by molar-refractivity contribution is 5.40. The van der Waals surface area contributed by atoms with Crippen LogP contribution < -0.4 is 5.73 Å². The third-order valence-electron chi connectivity index (χ3n) is 3.82. The maximum atomic E-state index is 12.7. The van der Waals surface area contributed by atoms with Crippen molar-refractivity contribution in [2.45, 2.75) is 50.2 Å². The van der Waals surface area contributed by atoms with Crippen molar-refractivity contribution < 1.29 is 18.3 Å². The smallest absolute Gasteiger partial charge is 0.407 e. The molecule has 3 N–H and O–H groups in total. The fourth-order valence-electron chi connectivity index (χ4n) is 2.69. The molecule has 0 aliphatic heterocycles. The predicted molar refractivity (Wildman–Crippen MR) is 66.9 cm³/mol.